The van der Waals surface area contributed by atoms with E-state index in [0.29, 0.717) is 24.3 Å². The number of nitrogens with zero attached hydrogens (tertiary/aromatic N) is 3. The van der Waals surface area contributed by atoms with E-state index in [4.69, 9.17) is 18.0 Å². The Labute approximate surface area is 113 Å². The molecule has 0 radical (unpaired) electrons. The summed E-state index contributed by atoms with van der Waals surface area (Å²) in [4.78, 5) is 1.67. The molecule has 1 aromatic rings. The average Bonchev–Trinajstić information content (AvgIpc) is 2.38. The van der Waals surface area contributed by atoms with Crippen LogP contribution in [0.1, 0.15) is 18.4 Å². The van der Waals surface area contributed by atoms with Gasteiger partial charge >= 0.3 is 6.18 Å². The van der Waals surface area contributed by atoms with Gasteiger partial charge in [0.15, 0.2) is 5.82 Å². The summed E-state index contributed by atoms with van der Waals surface area (Å²) in [5, 5.41) is 7.58. The highest BCUT2D eigenvalue weighted by Crippen LogP contribution is 2.34. The van der Waals surface area contributed by atoms with Crippen LogP contribution in [0.25, 0.3) is 0 Å². The van der Waals surface area contributed by atoms with Crippen LogP contribution in [0.4, 0.5) is 19.0 Å². The molecule has 1 saturated heterocycles. The molecule has 0 spiro atoms. The summed E-state index contributed by atoms with van der Waals surface area (Å²) < 4.78 is 38.3. The minimum Gasteiger partial charge on any atom is -0.389 e. The molecule has 8 heteroatoms. The van der Waals surface area contributed by atoms with Gasteiger partial charge in [0.1, 0.15) is 4.99 Å². The number of anilines is 1. The fraction of sp³-hybridized carbons (Fsp3) is 0.545. The molecule has 4 nitrogen and oxygen atoms in total. The van der Waals surface area contributed by atoms with Crippen LogP contribution in [0.2, 0.25) is 0 Å². The standard InChI is InChI=1S/C11H13F3N4S/c12-11(13,14)7-2-1-5-18(6-7)10-8(9(15)19)3-4-16-17-10/h3-4,7H,1-2,5-6H2,(H2,15,19). The van der Waals surface area contributed by atoms with Gasteiger partial charge in [-0.1, -0.05) is 12.2 Å². The summed E-state index contributed by atoms with van der Waals surface area (Å²) in [6, 6.07) is 1.57. The number of hydrogen-bond acceptors (Lipinski definition) is 4. The molecule has 104 valence electrons. The molecule has 19 heavy (non-hydrogen) atoms. The maximum Gasteiger partial charge on any atom is 0.393 e. The quantitative estimate of drug-likeness (QED) is 0.843. The molecule has 0 saturated carbocycles. The largest absolute Gasteiger partial charge is 0.393 e. The monoisotopic (exact) mass is 290 g/mol. The molecule has 0 aliphatic carbocycles. The molecular weight excluding hydrogens is 277 g/mol. The topological polar surface area (TPSA) is 55.0 Å². The van der Waals surface area contributed by atoms with Crippen LogP contribution in [0, 0.1) is 5.92 Å². The zero-order valence-electron chi connectivity index (χ0n) is 10.0. The Kier molecular flexibility index (Phi) is 3.88. The molecule has 2 rings (SSSR count). The number of piperidine rings is 1. The van der Waals surface area contributed by atoms with Crippen molar-refractivity contribution in [2.24, 2.45) is 11.7 Å². The Bertz CT molecular complexity index is 477. The average molecular weight is 290 g/mol. The first-order valence-corrected chi connectivity index (χ1v) is 6.23. The first kappa shape index (κ1) is 14.0. The Hall–Kier alpha value is -1.44. The van der Waals surface area contributed by atoms with E-state index in [0.717, 1.165) is 0 Å². The molecular formula is C11H13F3N4S. The van der Waals surface area contributed by atoms with Crippen molar-refractivity contribution in [2.45, 2.75) is 19.0 Å². The Morgan fingerprint density at radius 3 is 2.84 bits per heavy atom. The van der Waals surface area contributed by atoms with Crippen LogP contribution in [-0.4, -0.2) is 34.5 Å². The lowest BCUT2D eigenvalue weighted by molar-refractivity contribution is -0.176. The maximum atomic E-state index is 12.8. The minimum atomic E-state index is -4.19. The van der Waals surface area contributed by atoms with Crippen LogP contribution in [-0.2, 0) is 0 Å². The zero-order valence-corrected chi connectivity index (χ0v) is 10.8. The summed E-state index contributed by atoms with van der Waals surface area (Å²) in [6.45, 7) is 0.374. The summed E-state index contributed by atoms with van der Waals surface area (Å²) in [6.07, 6.45) is -2.17. The van der Waals surface area contributed by atoms with Gasteiger partial charge in [0.2, 0.25) is 0 Å². The van der Waals surface area contributed by atoms with E-state index in [-0.39, 0.29) is 18.0 Å². The van der Waals surface area contributed by atoms with Crippen molar-refractivity contribution >= 4 is 23.0 Å². The SMILES string of the molecule is NC(=S)c1ccnnc1N1CCCC(C(F)(F)F)C1. The second-order valence-electron chi connectivity index (χ2n) is 4.46. The van der Waals surface area contributed by atoms with Gasteiger partial charge in [-0.05, 0) is 18.9 Å². The van der Waals surface area contributed by atoms with E-state index in [1.807, 2.05) is 0 Å². The minimum absolute atomic E-state index is 0.110. The van der Waals surface area contributed by atoms with Crippen LogP contribution in [0.3, 0.4) is 0 Å². The van der Waals surface area contributed by atoms with E-state index in [9.17, 15) is 13.2 Å². The number of aromatic nitrogens is 2. The summed E-state index contributed by atoms with van der Waals surface area (Å²) in [5.74, 6) is -1.01. The number of alkyl halides is 3. The third-order valence-corrected chi connectivity index (χ3v) is 3.37. The fourth-order valence-electron chi connectivity index (χ4n) is 2.19. The second kappa shape index (κ2) is 5.28. The van der Waals surface area contributed by atoms with E-state index < -0.39 is 12.1 Å². The number of halogens is 3. The molecule has 0 bridgehead atoms. The van der Waals surface area contributed by atoms with E-state index in [2.05, 4.69) is 10.2 Å². The van der Waals surface area contributed by atoms with Gasteiger partial charge in [-0.2, -0.15) is 18.3 Å². The summed E-state index contributed by atoms with van der Waals surface area (Å²) in [7, 11) is 0. The van der Waals surface area contributed by atoms with Crippen molar-refractivity contribution in [3.8, 4) is 0 Å². The van der Waals surface area contributed by atoms with Gasteiger partial charge in [0.25, 0.3) is 0 Å². The van der Waals surface area contributed by atoms with E-state index in [1.165, 1.54) is 6.20 Å². The Balaban J connectivity index is 2.25. The molecule has 1 atom stereocenters. The van der Waals surface area contributed by atoms with Gasteiger partial charge in [-0.25, -0.2) is 0 Å². The molecule has 1 unspecified atom stereocenters. The van der Waals surface area contributed by atoms with Crippen molar-refractivity contribution in [3.05, 3.63) is 17.8 Å². The number of nitrogens with two attached hydrogens (primary N) is 1. The van der Waals surface area contributed by atoms with Crippen molar-refractivity contribution in [1.29, 1.82) is 0 Å². The van der Waals surface area contributed by atoms with Crippen molar-refractivity contribution in [1.82, 2.24) is 10.2 Å². The molecule has 0 aromatic carbocycles. The first-order valence-electron chi connectivity index (χ1n) is 5.82. The van der Waals surface area contributed by atoms with E-state index >= 15 is 0 Å². The molecule has 1 aromatic heterocycles. The first-order chi connectivity index (χ1) is 8.89. The van der Waals surface area contributed by atoms with Crippen molar-refractivity contribution in [2.75, 3.05) is 18.0 Å². The predicted molar refractivity (Wildman–Crippen MR) is 68.9 cm³/mol. The fourth-order valence-corrected chi connectivity index (χ4v) is 2.35. The lowest BCUT2D eigenvalue weighted by Crippen LogP contribution is -2.42. The predicted octanol–water partition coefficient (Wildman–Crippen LogP) is 1.89. The van der Waals surface area contributed by atoms with E-state index in [1.54, 1.807) is 11.0 Å². The van der Waals surface area contributed by atoms with Crippen LogP contribution in [0.5, 0.6) is 0 Å². The van der Waals surface area contributed by atoms with Crippen molar-refractivity contribution < 1.29 is 13.2 Å². The lowest BCUT2D eigenvalue weighted by Gasteiger charge is -2.34. The van der Waals surface area contributed by atoms with Crippen molar-refractivity contribution in [3.63, 3.8) is 0 Å². The molecule has 2 N–H and O–H groups in total. The van der Waals surface area contributed by atoms with Gasteiger partial charge in [-0.3, -0.25) is 0 Å². The molecule has 1 fully saturated rings. The van der Waals surface area contributed by atoms with Gasteiger partial charge < -0.3 is 10.6 Å². The van der Waals surface area contributed by atoms with Crippen LogP contribution >= 0.6 is 12.2 Å². The Morgan fingerprint density at radius 2 is 2.21 bits per heavy atom. The third-order valence-electron chi connectivity index (χ3n) is 3.15. The maximum absolute atomic E-state index is 12.8. The highest BCUT2D eigenvalue weighted by molar-refractivity contribution is 7.80. The van der Waals surface area contributed by atoms with Gasteiger partial charge in [-0.15, -0.1) is 5.10 Å². The molecule has 1 aliphatic rings. The normalized spacial score (nSPS) is 20.4. The van der Waals surface area contributed by atoms with Crippen LogP contribution < -0.4 is 10.6 Å². The third kappa shape index (κ3) is 3.12. The number of thiocarbonyl (C=S) groups is 1. The summed E-state index contributed by atoms with van der Waals surface area (Å²) in [5.41, 5.74) is 6.02. The smallest absolute Gasteiger partial charge is 0.389 e. The molecule has 2 heterocycles. The molecule has 1 aliphatic heterocycles. The highest BCUT2D eigenvalue weighted by atomic mass is 32.1. The summed E-state index contributed by atoms with van der Waals surface area (Å²) >= 11 is 4.88. The number of hydrogen-bond donors (Lipinski definition) is 1. The van der Waals surface area contributed by atoms with Gasteiger partial charge in [0.05, 0.1) is 17.7 Å². The second-order valence-corrected chi connectivity index (χ2v) is 4.90. The highest BCUT2D eigenvalue weighted by Gasteiger charge is 2.42. The molecule has 0 amide bonds. The lowest BCUT2D eigenvalue weighted by atomic mass is 9.97. The van der Waals surface area contributed by atoms with Gasteiger partial charge in [0, 0.05) is 13.1 Å². The van der Waals surface area contributed by atoms with Crippen LogP contribution in [0.15, 0.2) is 12.3 Å². The zero-order chi connectivity index (χ0) is 14.0. The Morgan fingerprint density at radius 1 is 1.47 bits per heavy atom. The number of rotatable bonds is 2.